The summed E-state index contributed by atoms with van der Waals surface area (Å²) >= 11 is 0. The summed E-state index contributed by atoms with van der Waals surface area (Å²) in [5.74, 6) is 0.810. The van der Waals surface area contributed by atoms with Gasteiger partial charge in [-0.3, -0.25) is 0 Å². The Hall–Kier alpha value is -0.740. The van der Waals surface area contributed by atoms with E-state index in [-0.39, 0.29) is 4.90 Å². The fraction of sp³-hybridized carbons (Fsp3) is 0.400. The molecule has 0 spiro atoms. The van der Waals surface area contributed by atoms with Crippen LogP contribution < -0.4 is 4.74 Å². The standard InChI is InChI=1S/C10H11ClO3S/c1-7-5-9(15(11,12)13)6-8-3-2-4-14-10(7)8/h5-6H,2-4H2,1H3. The molecule has 0 saturated carbocycles. The summed E-state index contributed by atoms with van der Waals surface area (Å²) < 4.78 is 27.9. The maximum atomic E-state index is 11.2. The van der Waals surface area contributed by atoms with Gasteiger partial charge in [-0.15, -0.1) is 0 Å². The molecule has 1 aliphatic rings. The second-order valence-corrected chi connectivity index (χ2v) is 6.18. The lowest BCUT2D eigenvalue weighted by atomic mass is 10.0. The van der Waals surface area contributed by atoms with Crippen molar-refractivity contribution in [1.29, 1.82) is 0 Å². The van der Waals surface area contributed by atoms with Crippen LogP contribution in [0.4, 0.5) is 0 Å². The maximum Gasteiger partial charge on any atom is 0.261 e. The number of benzene rings is 1. The van der Waals surface area contributed by atoms with Gasteiger partial charge < -0.3 is 4.74 Å². The van der Waals surface area contributed by atoms with Crippen LogP contribution in [-0.2, 0) is 15.5 Å². The number of ether oxygens (including phenoxy) is 1. The normalized spacial score (nSPS) is 15.6. The minimum Gasteiger partial charge on any atom is -0.493 e. The Morgan fingerprint density at radius 2 is 2.13 bits per heavy atom. The molecule has 0 radical (unpaired) electrons. The Bertz CT molecular complexity index is 494. The highest BCUT2D eigenvalue weighted by Crippen LogP contribution is 2.32. The average molecular weight is 247 g/mol. The zero-order valence-corrected chi connectivity index (χ0v) is 9.86. The zero-order valence-electron chi connectivity index (χ0n) is 8.29. The van der Waals surface area contributed by atoms with Crippen LogP contribution >= 0.6 is 10.7 Å². The Balaban J connectivity index is 2.60. The highest BCUT2D eigenvalue weighted by atomic mass is 35.7. The molecule has 1 aromatic carbocycles. The second-order valence-electron chi connectivity index (χ2n) is 3.62. The van der Waals surface area contributed by atoms with E-state index in [1.54, 1.807) is 12.1 Å². The number of aryl methyl sites for hydroxylation is 2. The minimum atomic E-state index is -3.64. The van der Waals surface area contributed by atoms with E-state index in [1.807, 2.05) is 6.92 Å². The van der Waals surface area contributed by atoms with Gasteiger partial charge in [0.2, 0.25) is 0 Å². The monoisotopic (exact) mass is 246 g/mol. The molecule has 1 aromatic rings. The summed E-state index contributed by atoms with van der Waals surface area (Å²) in [6.07, 6.45) is 1.76. The average Bonchev–Trinajstić information content (AvgIpc) is 2.16. The highest BCUT2D eigenvalue weighted by Gasteiger charge is 2.18. The molecule has 0 aromatic heterocycles. The molecule has 3 nitrogen and oxygen atoms in total. The van der Waals surface area contributed by atoms with Gasteiger partial charge in [-0.05, 0) is 43.0 Å². The fourth-order valence-corrected chi connectivity index (χ4v) is 2.65. The Labute approximate surface area is 93.4 Å². The fourth-order valence-electron chi connectivity index (χ4n) is 1.78. The molecule has 2 rings (SSSR count). The van der Waals surface area contributed by atoms with Crippen LogP contribution in [-0.4, -0.2) is 15.0 Å². The van der Waals surface area contributed by atoms with Crippen molar-refractivity contribution in [3.63, 3.8) is 0 Å². The smallest absolute Gasteiger partial charge is 0.261 e. The molecular formula is C10H11ClO3S. The van der Waals surface area contributed by atoms with Gasteiger partial charge in [-0.1, -0.05) is 0 Å². The number of rotatable bonds is 1. The van der Waals surface area contributed by atoms with Gasteiger partial charge in [0.25, 0.3) is 9.05 Å². The van der Waals surface area contributed by atoms with Gasteiger partial charge >= 0.3 is 0 Å². The molecule has 5 heteroatoms. The molecule has 0 fully saturated rings. The number of fused-ring (bicyclic) bond motifs is 1. The van der Waals surface area contributed by atoms with Crippen molar-refractivity contribution in [3.8, 4) is 5.75 Å². The first-order valence-corrected chi connectivity index (χ1v) is 7.00. The molecule has 0 N–H and O–H groups in total. The van der Waals surface area contributed by atoms with E-state index in [9.17, 15) is 8.42 Å². The van der Waals surface area contributed by atoms with Gasteiger partial charge in [0.1, 0.15) is 5.75 Å². The zero-order chi connectivity index (χ0) is 11.1. The van der Waals surface area contributed by atoms with Gasteiger partial charge in [0.05, 0.1) is 11.5 Å². The van der Waals surface area contributed by atoms with Crippen molar-refractivity contribution < 1.29 is 13.2 Å². The number of hydrogen-bond donors (Lipinski definition) is 0. The molecule has 1 heterocycles. The first-order valence-electron chi connectivity index (χ1n) is 4.69. The second kappa shape index (κ2) is 3.68. The summed E-state index contributed by atoms with van der Waals surface area (Å²) in [4.78, 5) is 0.158. The molecule has 0 aliphatic carbocycles. The molecule has 0 bridgehead atoms. The lowest BCUT2D eigenvalue weighted by Crippen LogP contribution is -2.10. The lowest BCUT2D eigenvalue weighted by Gasteiger charge is -2.19. The first-order chi connectivity index (χ1) is 6.98. The van der Waals surface area contributed by atoms with Crippen molar-refractivity contribution in [2.75, 3.05) is 6.61 Å². The minimum absolute atomic E-state index is 0.158. The van der Waals surface area contributed by atoms with E-state index in [0.29, 0.717) is 6.61 Å². The largest absolute Gasteiger partial charge is 0.493 e. The van der Waals surface area contributed by atoms with Crippen molar-refractivity contribution in [1.82, 2.24) is 0 Å². The van der Waals surface area contributed by atoms with Crippen molar-refractivity contribution in [2.24, 2.45) is 0 Å². The molecule has 0 unspecified atom stereocenters. The first kappa shape index (κ1) is 10.8. The third-order valence-corrected chi connectivity index (χ3v) is 3.78. The maximum absolute atomic E-state index is 11.2. The predicted octanol–water partition coefficient (Wildman–Crippen LogP) is 2.25. The van der Waals surface area contributed by atoms with Gasteiger partial charge in [0, 0.05) is 10.7 Å². The van der Waals surface area contributed by atoms with Gasteiger partial charge in [-0.2, -0.15) is 0 Å². The van der Waals surface area contributed by atoms with E-state index in [2.05, 4.69) is 0 Å². The number of hydrogen-bond acceptors (Lipinski definition) is 3. The molecule has 0 amide bonds. The highest BCUT2D eigenvalue weighted by molar-refractivity contribution is 8.13. The van der Waals surface area contributed by atoms with Crippen LogP contribution in [0, 0.1) is 6.92 Å². The summed E-state index contributed by atoms with van der Waals surface area (Å²) in [5, 5.41) is 0. The molecule has 1 aliphatic heterocycles. The van der Waals surface area contributed by atoms with Crippen LogP contribution in [0.2, 0.25) is 0 Å². The van der Waals surface area contributed by atoms with Gasteiger partial charge in [0.15, 0.2) is 0 Å². The van der Waals surface area contributed by atoms with Crippen molar-refractivity contribution in [2.45, 2.75) is 24.7 Å². The Kier molecular flexibility index (Phi) is 2.64. The molecular weight excluding hydrogens is 236 g/mol. The van der Waals surface area contributed by atoms with Crippen LogP contribution in [0.25, 0.3) is 0 Å². The summed E-state index contributed by atoms with van der Waals surface area (Å²) in [6.45, 7) is 2.52. The van der Waals surface area contributed by atoms with E-state index in [0.717, 1.165) is 29.7 Å². The Morgan fingerprint density at radius 3 is 2.80 bits per heavy atom. The van der Waals surface area contributed by atoms with E-state index < -0.39 is 9.05 Å². The van der Waals surface area contributed by atoms with Crippen molar-refractivity contribution >= 4 is 19.7 Å². The van der Waals surface area contributed by atoms with Crippen LogP contribution in [0.1, 0.15) is 17.5 Å². The quantitative estimate of drug-likeness (QED) is 0.714. The topological polar surface area (TPSA) is 43.4 Å². The summed E-state index contributed by atoms with van der Waals surface area (Å²) in [6, 6.07) is 3.15. The molecule has 0 saturated heterocycles. The van der Waals surface area contributed by atoms with E-state index in [4.69, 9.17) is 15.4 Å². The molecule has 0 atom stereocenters. The third kappa shape index (κ3) is 2.11. The Morgan fingerprint density at radius 1 is 1.40 bits per heavy atom. The summed E-state index contributed by atoms with van der Waals surface area (Å²) in [5.41, 5.74) is 1.76. The lowest BCUT2D eigenvalue weighted by molar-refractivity contribution is 0.286. The predicted molar refractivity (Wildman–Crippen MR) is 58.0 cm³/mol. The third-order valence-electron chi connectivity index (χ3n) is 2.44. The van der Waals surface area contributed by atoms with Crippen molar-refractivity contribution in [3.05, 3.63) is 23.3 Å². The van der Waals surface area contributed by atoms with Crippen LogP contribution in [0.5, 0.6) is 5.75 Å². The van der Waals surface area contributed by atoms with Crippen LogP contribution in [0.15, 0.2) is 17.0 Å². The SMILES string of the molecule is Cc1cc(S(=O)(=O)Cl)cc2c1OCCC2. The van der Waals surface area contributed by atoms with Gasteiger partial charge in [-0.25, -0.2) is 8.42 Å². The van der Waals surface area contributed by atoms with Crippen LogP contribution in [0.3, 0.4) is 0 Å². The molecule has 82 valence electrons. The van der Waals surface area contributed by atoms with E-state index in [1.165, 1.54) is 0 Å². The molecule has 15 heavy (non-hydrogen) atoms. The van der Waals surface area contributed by atoms with E-state index >= 15 is 0 Å². The number of halogens is 1. The summed E-state index contributed by atoms with van der Waals surface area (Å²) in [7, 11) is 1.66.